The molecule has 0 aliphatic carbocycles. The van der Waals surface area contributed by atoms with Crippen LogP contribution in [0.5, 0.6) is 5.75 Å². The average molecular weight is 344 g/mol. The lowest BCUT2D eigenvalue weighted by atomic mass is 10.1. The van der Waals surface area contributed by atoms with Crippen molar-refractivity contribution in [3.8, 4) is 17.2 Å². The molecule has 25 heavy (non-hydrogen) atoms. The summed E-state index contributed by atoms with van der Waals surface area (Å²) in [6.45, 7) is 5.76. The number of rotatable bonds is 6. The van der Waals surface area contributed by atoms with Crippen LogP contribution in [-0.2, 0) is 4.79 Å². The molecule has 3 rings (SSSR count). The zero-order valence-corrected chi connectivity index (χ0v) is 14.7. The lowest BCUT2D eigenvalue weighted by Gasteiger charge is -2.31. The van der Waals surface area contributed by atoms with Crippen LogP contribution in [-0.4, -0.2) is 41.8 Å². The van der Waals surface area contributed by atoms with E-state index in [1.165, 1.54) is 6.92 Å². The van der Waals surface area contributed by atoms with Gasteiger partial charge < -0.3 is 19.4 Å². The monoisotopic (exact) mass is 344 g/mol. The Morgan fingerprint density at radius 1 is 1.40 bits per heavy atom. The van der Waals surface area contributed by atoms with E-state index in [1.807, 2.05) is 29.2 Å². The predicted molar refractivity (Wildman–Crippen MR) is 94.6 cm³/mol. The topological polar surface area (TPSA) is 80.5 Å². The van der Waals surface area contributed by atoms with E-state index in [2.05, 4.69) is 22.4 Å². The molecule has 1 aliphatic heterocycles. The van der Waals surface area contributed by atoms with Gasteiger partial charge in [0.25, 0.3) is 5.89 Å². The summed E-state index contributed by atoms with van der Waals surface area (Å²) in [4.78, 5) is 13.3. The van der Waals surface area contributed by atoms with Crippen molar-refractivity contribution in [3.63, 3.8) is 0 Å². The van der Waals surface area contributed by atoms with Crippen molar-refractivity contribution in [1.82, 2.24) is 15.5 Å². The average Bonchev–Trinajstić information content (AvgIpc) is 3.10. The molecular weight excluding hydrogens is 320 g/mol. The van der Waals surface area contributed by atoms with Crippen LogP contribution in [0, 0.1) is 0 Å². The molecule has 0 radical (unpaired) electrons. The summed E-state index contributed by atoms with van der Waals surface area (Å²) in [5.74, 6) is 1.18. The standard InChI is InChI=1S/C18H24N4O3/c1-3-11-24-16-9-5-4-8-15(16)17-20-21-18(25-17)22-10-6-7-14(12-22)19-13(2)23/h4-5,8-9,14H,3,6-7,10-12H2,1-2H3,(H,19,23). The summed E-state index contributed by atoms with van der Waals surface area (Å²) in [7, 11) is 0. The molecule has 2 heterocycles. The number of nitrogens with one attached hydrogen (secondary N) is 1. The Kier molecular flexibility index (Phi) is 5.53. The second-order valence-electron chi connectivity index (χ2n) is 6.22. The number of para-hydroxylation sites is 1. The van der Waals surface area contributed by atoms with Crippen LogP contribution in [0.1, 0.15) is 33.1 Å². The Balaban J connectivity index is 1.75. The number of hydrogen-bond acceptors (Lipinski definition) is 6. The number of amides is 1. The number of benzene rings is 1. The number of aromatic nitrogens is 2. The third kappa shape index (κ3) is 4.29. The first-order valence-electron chi connectivity index (χ1n) is 8.75. The van der Waals surface area contributed by atoms with Gasteiger partial charge in [-0.1, -0.05) is 24.2 Å². The van der Waals surface area contributed by atoms with Crippen molar-refractivity contribution < 1.29 is 13.9 Å². The largest absolute Gasteiger partial charge is 0.493 e. The number of piperidine rings is 1. The molecule has 1 saturated heterocycles. The summed E-state index contributed by atoms with van der Waals surface area (Å²) < 4.78 is 11.7. The van der Waals surface area contributed by atoms with Gasteiger partial charge in [-0.25, -0.2) is 0 Å². The molecule has 1 aromatic carbocycles. The van der Waals surface area contributed by atoms with Crippen molar-refractivity contribution in [2.45, 2.75) is 39.2 Å². The van der Waals surface area contributed by atoms with Crippen molar-refractivity contribution in [3.05, 3.63) is 24.3 Å². The van der Waals surface area contributed by atoms with Crippen LogP contribution >= 0.6 is 0 Å². The highest BCUT2D eigenvalue weighted by molar-refractivity contribution is 5.73. The van der Waals surface area contributed by atoms with Crippen LogP contribution in [0.25, 0.3) is 11.5 Å². The lowest BCUT2D eigenvalue weighted by Crippen LogP contribution is -2.47. The van der Waals surface area contributed by atoms with E-state index in [0.29, 0.717) is 25.1 Å². The Morgan fingerprint density at radius 3 is 3.04 bits per heavy atom. The Labute approximate surface area is 147 Å². The van der Waals surface area contributed by atoms with E-state index in [4.69, 9.17) is 9.15 Å². The summed E-state index contributed by atoms with van der Waals surface area (Å²) in [5.41, 5.74) is 0.796. The first-order chi connectivity index (χ1) is 12.2. The van der Waals surface area contributed by atoms with E-state index in [1.54, 1.807) is 0 Å². The van der Waals surface area contributed by atoms with Crippen LogP contribution in [0.15, 0.2) is 28.7 Å². The third-order valence-electron chi connectivity index (χ3n) is 4.09. The lowest BCUT2D eigenvalue weighted by molar-refractivity contribution is -0.119. The van der Waals surface area contributed by atoms with Crippen molar-refractivity contribution >= 4 is 11.9 Å². The van der Waals surface area contributed by atoms with Gasteiger partial charge in [-0.3, -0.25) is 4.79 Å². The second kappa shape index (κ2) is 8.00. The first kappa shape index (κ1) is 17.3. The molecule has 1 amide bonds. The van der Waals surface area contributed by atoms with Gasteiger partial charge in [0, 0.05) is 26.1 Å². The van der Waals surface area contributed by atoms with Crippen molar-refractivity contribution in [2.75, 3.05) is 24.6 Å². The number of nitrogens with zero attached hydrogens (tertiary/aromatic N) is 3. The van der Waals surface area contributed by atoms with E-state index in [0.717, 1.165) is 37.1 Å². The minimum absolute atomic E-state index is 0.0138. The zero-order valence-electron chi connectivity index (χ0n) is 14.7. The molecule has 1 atom stereocenters. The van der Waals surface area contributed by atoms with E-state index in [9.17, 15) is 4.79 Å². The molecule has 1 unspecified atom stereocenters. The van der Waals surface area contributed by atoms with Gasteiger partial charge in [0.15, 0.2) is 0 Å². The minimum atomic E-state index is -0.0138. The molecule has 2 aromatic rings. The van der Waals surface area contributed by atoms with E-state index in [-0.39, 0.29) is 11.9 Å². The molecule has 134 valence electrons. The predicted octanol–water partition coefficient (Wildman–Crippen LogP) is 2.63. The maximum atomic E-state index is 11.3. The highest BCUT2D eigenvalue weighted by Gasteiger charge is 2.25. The second-order valence-corrected chi connectivity index (χ2v) is 6.22. The number of anilines is 1. The van der Waals surface area contributed by atoms with Gasteiger partial charge in [0.05, 0.1) is 12.2 Å². The molecule has 0 saturated carbocycles. The first-order valence-corrected chi connectivity index (χ1v) is 8.75. The SMILES string of the molecule is CCCOc1ccccc1-c1nnc(N2CCCC(NC(C)=O)C2)o1. The molecule has 7 nitrogen and oxygen atoms in total. The fourth-order valence-electron chi connectivity index (χ4n) is 2.99. The molecule has 1 aliphatic rings. The molecule has 0 bridgehead atoms. The number of carbonyl (C=O) groups is 1. The van der Waals surface area contributed by atoms with Gasteiger partial charge >= 0.3 is 6.01 Å². The summed E-state index contributed by atoms with van der Waals surface area (Å²) >= 11 is 0. The van der Waals surface area contributed by atoms with Crippen molar-refractivity contribution in [1.29, 1.82) is 0 Å². The van der Waals surface area contributed by atoms with E-state index >= 15 is 0 Å². The zero-order chi connectivity index (χ0) is 17.6. The van der Waals surface area contributed by atoms with Crippen LogP contribution in [0.4, 0.5) is 6.01 Å². The molecule has 1 aromatic heterocycles. The summed E-state index contributed by atoms with van der Waals surface area (Å²) in [5, 5.41) is 11.3. The molecule has 1 fully saturated rings. The Bertz CT molecular complexity index is 716. The molecular formula is C18H24N4O3. The normalized spacial score (nSPS) is 17.4. The fraction of sp³-hybridized carbons (Fsp3) is 0.500. The highest BCUT2D eigenvalue weighted by Crippen LogP contribution is 2.31. The minimum Gasteiger partial charge on any atom is -0.493 e. The maximum absolute atomic E-state index is 11.3. The molecule has 7 heteroatoms. The third-order valence-corrected chi connectivity index (χ3v) is 4.09. The summed E-state index contributed by atoms with van der Waals surface area (Å²) in [6, 6.07) is 8.26. The van der Waals surface area contributed by atoms with Gasteiger partial charge in [-0.15, -0.1) is 5.10 Å². The van der Waals surface area contributed by atoms with Gasteiger partial charge in [0.2, 0.25) is 5.91 Å². The maximum Gasteiger partial charge on any atom is 0.318 e. The molecule has 0 spiro atoms. The number of hydrogen-bond donors (Lipinski definition) is 1. The number of ether oxygens (including phenoxy) is 1. The Morgan fingerprint density at radius 2 is 2.24 bits per heavy atom. The quantitative estimate of drug-likeness (QED) is 0.868. The number of carbonyl (C=O) groups excluding carboxylic acids is 1. The smallest absolute Gasteiger partial charge is 0.318 e. The van der Waals surface area contributed by atoms with Crippen LogP contribution < -0.4 is 15.0 Å². The van der Waals surface area contributed by atoms with Crippen molar-refractivity contribution in [2.24, 2.45) is 0 Å². The van der Waals surface area contributed by atoms with Gasteiger partial charge in [-0.2, -0.15) is 0 Å². The van der Waals surface area contributed by atoms with Crippen LogP contribution in [0.2, 0.25) is 0 Å². The van der Waals surface area contributed by atoms with Gasteiger partial charge in [-0.05, 0) is 31.4 Å². The van der Waals surface area contributed by atoms with E-state index < -0.39 is 0 Å². The van der Waals surface area contributed by atoms with Crippen LogP contribution in [0.3, 0.4) is 0 Å². The fourth-order valence-corrected chi connectivity index (χ4v) is 2.99. The summed E-state index contributed by atoms with van der Waals surface area (Å²) in [6.07, 6.45) is 2.87. The highest BCUT2D eigenvalue weighted by atomic mass is 16.5. The van der Waals surface area contributed by atoms with Gasteiger partial charge in [0.1, 0.15) is 5.75 Å². The molecule has 1 N–H and O–H groups in total. The Hall–Kier alpha value is -2.57.